The van der Waals surface area contributed by atoms with Gasteiger partial charge in [-0.05, 0) is 68.1 Å². The summed E-state index contributed by atoms with van der Waals surface area (Å²) in [4.78, 5) is 31.9. The van der Waals surface area contributed by atoms with E-state index in [1.807, 2.05) is 17.0 Å². The fourth-order valence-electron chi connectivity index (χ4n) is 6.17. The molecule has 0 bridgehead atoms. The summed E-state index contributed by atoms with van der Waals surface area (Å²) in [6.07, 6.45) is 9.16. The first kappa shape index (κ1) is 23.8. The lowest BCUT2D eigenvalue weighted by atomic mass is 9.74. The molecule has 1 spiro atoms. The number of rotatable bonds is 7. The third-order valence-corrected chi connectivity index (χ3v) is 8.30. The number of aryl methyl sites for hydroxylation is 1. The Bertz CT molecular complexity index is 1120. The normalized spacial score (nSPS) is 21.0. The van der Waals surface area contributed by atoms with E-state index in [1.54, 1.807) is 11.9 Å². The molecule has 1 unspecified atom stereocenters. The molecule has 5 heteroatoms. The standard InChI is InChI=1S/C30H37N3O2/c1-3-23-9-5-7-12-27(23)33(29(35)25-21-28(34)31(2)22-25)18-8-17-32-19-15-30(16-20-32)14-13-24-10-4-6-11-26(24)30/h4-7,9-14,25H,3,8,15-22H2,1-2H3. The number of allylic oxidation sites excluding steroid dienone is 1. The van der Waals surface area contributed by atoms with Gasteiger partial charge in [-0.15, -0.1) is 0 Å². The highest BCUT2D eigenvalue weighted by molar-refractivity contribution is 5.99. The average molecular weight is 472 g/mol. The number of para-hydroxylation sites is 1. The number of amides is 2. The zero-order valence-corrected chi connectivity index (χ0v) is 21.1. The fourth-order valence-corrected chi connectivity index (χ4v) is 6.17. The molecule has 3 aliphatic rings. The van der Waals surface area contributed by atoms with Crippen LogP contribution in [0.1, 0.15) is 49.3 Å². The van der Waals surface area contributed by atoms with Crippen LogP contribution in [0.4, 0.5) is 5.69 Å². The van der Waals surface area contributed by atoms with Crippen molar-refractivity contribution < 1.29 is 9.59 Å². The molecule has 2 saturated heterocycles. The molecule has 2 aromatic carbocycles. The Kier molecular flexibility index (Phi) is 6.79. The summed E-state index contributed by atoms with van der Waals surface area (Å²) >= 11 is 0. The summed E-state index contributed by atoms with van der Waals surface area (Å²) in [6, 6.07) is 17.0. The highest BCUT2D eigenvalue weighted by atomic mass is 16.2. The van der Waals surface area contributed by atoms with Crippen molar-refractivity contribution in [3.05, 3.63) is 71.3 Å². The van der Waals surface area contributed by atoms with Crippen LogP contribution < -0.4 is 4.90 Å². The number of carbonyl (C=O) groups excluding carboxylic acids is 2. The van der Waals surface area contributed by atoms with E-state index < -0.39 is 0 Å². The lowest BCUT2D eigenvalue weighted by Crippen LogP contribution is -2.43. The number of piperidine rings is 1. The largest absolute Gasteiger partial charge is 0.345 e. The minimum absolute atomic E-state index is 0.0665. The van der Waals surface area contributed by atoms with Gasteiger partial charge in [-0.1, -0.05) is 61.5 Å². The number of anilines is 1. The average Bonchev–Trinajstić information content (AvgIpc) is 3.42. The number of carbonyl (C=O) groups is 2. The molecule has 2 aliphatic heterocycles. The van der Waals surface area contributed by atoms with Gasteiger partial charge in [0.25, 0.3) is 0 Å². The van der Waals surface area contributed by atoms with Crippen molar-refractivity contribution >= 4 is 23.6 Å². The van der Waals surface area contributed by atoms with Crippen LogP contribution in [0.15, 0.2) is 54.6 Å². The quantitative estimate of drug-likeness (QED) is 0.597. The fraction of sp³-hybridized carbons (Fsp3) is 0.467. The van der Waals surface area contributed by atoms with Crippen molar-refractivity contribution in [2.45, 2.75) is 44.4 Å². The van der Waals surface area contributed by atoms with Gasteiger partial charge in [0.2, 0.25) is 11.8 Å². The zero-order chi connectivity index (χ0) is 24.4. The molecule has 1 aliphatic carbocycles. The van der Waals surface area contributed by atoms with Gasteiger partial charge in [-0.3, -0.25) is 9.59 Å². The van der Waals surface area contributed by atoms with Crippen molar-refractivity contribution in [1.82, 2.24) is 9.80 Å². The van der Waals surface area contributed by atoms with E-state index in [0.717, 1.165) is 51.0 Å². The highest BCUT2D eigenvalue weighted by Crippen LogP contribution is 2.43. The number of benzene rings is 2. The first-order chi connectivity index (χ1) is 17.0. The van der Waals surface area contributed by atoms with Gasteiger partial charge in [-0.2, -0.15) is 0 Å². The predicted octanol–water partition coefficient (Wildman–Crippen LogP) is 4.51. The number of fused-ring (bicyclic) bond motifs is 2. The van der Waals surface area contributed by atoms with E-state index in [9.17, 15) is 9.59 Å². The van der Waals surface area contributed by atoms with Crippen molar-refractivity contribution in [3.63, 3.8) is 0 Å². The molecule has 0 aromatic heterocycles. The molecule has 5 rings (SSSR count). The molecule has 2 fully saturated rings. The first-order valence-electron chi connectivity index (χ1n) is 13.1. The van der Waals surface area contributed by atoms with Crippen LogP contribution in [0.2, 0.25) is 0 Å². The minimum Gasteiger partial charge on any atom is -0.345 e. The van der Waals surface area contributed by atoms with E-state index >= 15 is 0 Å². The molecule has 35 heavy (non-hydrogen) atoms. The van der Waals surface area contributed by atoms with Gasteiger partial charge >= 0.3 is 0 Å². The Morgan fingerprint density at radius 2 is 1.83 bits per heavy atom. The molecular formula is C30H37N3O2. The number of hydrogen-bond acceptors (Lipinski definition) is 3. The molecule has 184 valence electrons. The van der Waals surface area contributed by atoms with Crippen molar-refractivity contribution in [3.8, 4) is 0 Å². The summed E-state index contributed by atoms with van der Waals surface area (Å²) in [6.45, 7) is 6.50. The van der Waals surface area contributed by atoms with Crippen molar-refractivity contribution in [1.29, 1.82) is 0 Å². The second kappa shape index (κ2) is 9.98. The zero-order valence-electron chi connectivity index (χ0n) is 21.1. The molecular weight excluding hydrogens is 434 g/mol. The summed E-state index contributed by atoms with van der Waals surface area (Å²) in [7, 11) is 1.79. The van der Waals surface area contributed by atoms with E-state index in [1.165, 1.54) is 16.7 Å². The summed E-state index contributed by atoms with van der Waals surface area (Å²) < 4.78 is 0. The van der Waals surface area contributed by atoms with Crippen molar-refractivity contribution in [2.75, 3.05) is 44.7 Å². The first-order valence-corrected chi connectivity index (χ1v) is 13.1. The molecule has 0 N–H and O–H groups in total. The van der Waals surface area contributed by atoms with Gasteiger partial charge in [0, 0.05) is 37.7 Å². The Balaban J connectivity index is 1.23. The Morgan fingerprint density at radius 3 is 2.57 bits per heavy atom. The predicted molar refractivity (Wildman–Crippen MR) is 141 cm³/mol. The summed E-state index contributed by atoms with van der Waals surface area (Å²) in [5.74, 6) is -0.0905. The maximum Gasteiger partial charge on any atom is 0.232 e. The lowest BCUT2D eigenvalue weighted by molar-refractivity contribution is -0.127. The van der Waals surface area contributed by atoms with Crippen LogP contribution >= 0.6 is 0 Å². The smallest absolute Gasteiger partial charge is 0.232 e. The lowest BCUT2D eigenvalue weighted by Gasteiger charge is -2.39. The molecule has 2 amide bonds. The van der Waals surface area contributed by atoms with E-state index in [2.05, 4.69) is 60.4 Å². The van der Waals surface area contributed by atoms with E-state index in [-0.39, 0.29) is 23.1 Å². The molecule has 5 nitrogen and oxygen atoms in total. The van der Waals surface area contributed by atoms with E-state index in [4.69, 9.17) is 0 Å². The second-order valence-corrected chi connectivity index (χ2v) is 10.4. The topological polar surface area (TPSA) is 43.9 Å². The molecule has 0 saturated carbocycles. The second-order valence-electron chi connectivity index (χ2n) is 10.4. The third kappa shape index (κ3) is 4.66. The monoisotopic (exact) mass is 471 g/mol. The molecule has 1 atom stereocenters. The molecule has 0 radical (unpaired) electrons. The van der Waals surface area contributed by atoms with Crippen LogP contribution in [0.25, 0.3) is 6.08 Å². The maximum absolute atomic E-state index is 13.6. The highest BCUT2D eigenvalue weighted by Gasteiger charge is 2.38. The van der Waals surface area contributed by atoms with Gasteiger partial charge in [0.05, 0.1) is 5.92 Å². The number of likely N-dealkylation sites (tertiary alicyclic amines) is 2. The number of nitrogens with zero attached hydrogens (tertiary/aromatic N) is 3. The van der Waals surface area contributed by atoms with E-state index in [0.29, 0.717) is 19.5 Å². The Morgan fingerprint density at radius 1 is 1.09 bits per heavy atom. The van der Waals surface area contributed by atoms with Crippen molar-refractivity contribution in [2.24, 2.45) is 5.92 Å². The van der Waals surface area contributed by atoms with Crippen LogP contribution in [0, 0.1) is 5.92 Å². The number of hydrogen-bond donors (Lipinski definition) is 0. The molecule has 2 aromatic rings. The SMILES string of the molecule is CCc1ccccc1N(CCCN1CCC2(C=Cc3ccccc32)CC1)C(=O)C1CC(=O)N(C)C1. The van der Waals surface area contributed by atoms with Gasteiger partial charge in [0.15, 0.2) is 0 Å². The minimum atomic E-state index is -0.249. The van der Waals surface area contributed by atoms with Gasteiger partial charge < -0.3 is 14.7 Å². The van der Waals surface area contributed by atoms with Crippen LogP contribution in [-0.4, -0.2) is 61.4 Å². The Hall–Kier alpha value is -2.92. The Labute approximate surface area is 209 Å². The maximum atomic E-state index is 13.6. The van der Waals surface area contributed by atoms with Crippen LogP contribution in [0.3, 0.4) is 0 Å². The third-order valence-electron chi connectivity index (χ3n) is 8.30. The van der Waals surface area contributed by atoms with Gasteiger partial charge in [0.1, 0.15) is 0 Å². The molecule has 2 heterocycles. The summed E-state index contributed by atoms with van der Waals surface area (Å²) in [5.41, 5.74) is 5.26. The van der Waals surface area contributed by atoms with Crippen LogP contribution in [0.5, 0.6) is 0 Å². The van der Waals surface area contributed by atoms with Crippen LogP contribution in [-0.2, 0) is 21.4 Å². The van der Waals surface area contributed by atoms with Gasteiger partial charge in [-0.25, -0.2) is 0 Å². The summed E-state index contributed by atoms with van der Waals surface area (Å²) in [5, 5.41) is 0.